The number of hydrogen-bond acceptors (Lipinski definition) is 2. The molecule has 0 atom stereocenters. The smallest absolute Gasteiger partial charge is 0.416 e. The van der Waals surface area contributed by atoms with Crippen LogP contribution in [0.4, 0.5) is 13.2 Å². The lowest BCUT2D eigenvalue weighted by Gasteiger charge is -2.11. The van der Waals surface area contributed by atoms with Crippen molar-refractivity contribution >= 4 is 21.9 Å². The number of methoxy groups -OCH3 is 1. The zero-order chi connectivity index (χ0) is 15.6. The van der Waals surface area contributed by atoms with Gasteiger partial charge in [0.15, 0.2) is 0 Å². The van der Waals surface area contributed by atoms with Crippen LogP contribution in [0.3, 0.4) is 0 Å². The molecule has 0 amide bonds. The molecular formula is C15H10BrF3O2. The molecule has 0 saturated heterocycles. The minimum Gasteiger partial charge on any atom is -0.465 e. The van der Waals surface area contributed by atoms with Crippen LogP contribution in [0, 0.1) is 0 Å². The van der Waals surface area contributed by atoms with Crippen molar-refractivity contribution in [3.8, 4) is 11.1 Å². The second-order valence-electron chi connectivity index (χ2n) is 4.26. The molecule has 0 bridgehead atoms. The monoisotopic (exact) mass is 358 g/mol. The van der Waals surface area contributed by atoms with Crippen LogP contribution >= 0.6 is 15.9 Å². The maximum atomic E-state index is 12.6. The first-order valence-corrected chi connectivity index (χ1v) is 6.67. The lowest BCUT2D eigenvalue weighted by molar-refractivity contribution is -0.137. The van der Waals surface area contributed by atoms with Crippen molar-refractivity contribution in [3.63, 3.8) is 0 Å². The standard InChI is InChI=1S/C15H10BrF3O2/c1-21-14(20)13-8-11(16)6-7-12(13)9-2-4-10(5-3-9)15(17,18)19/h2-8H,1H3. The number of alkyl halides is 3. The summed E-state index contributed by atoms with van der Waals surface area (Å²) in [4.78, 5) is 11.8. The summed E-state index contributed by atoms with van der Waals surface area (Å²) in [7, 11) is 1.25. The molecule has 21 heavy (non-hydrogen) atoms. The largest absolute Gasteiger partial charge is 0.465 e. The number of ether oxygens (including phenoxy) is 1. The fourth-order valence-corrected chi connectivity index (χ4v) is 2.25. The van der Waals surface area contributed by atoms with Gasteiger partial charge in [0, 0.05) is 4.47 Å². The van der Waals surface area contributed by atoms with E-state index in [9.17, 15) is 18.0 Å². The summed E-state index contributed by atoms with van der Waals surface area (Å²) in [6.45, 7) is 0. The van der Waals surface area contributed by atoms with Crippen LogP contribution in [0.25, 0.3) is 11.1 Å². The summed E-state index contributed by atoms with van der Waals surface area (Å²) in [5, 5.41) is 0. The van der Waals surface area contributed by atoms with Crippen molar-refractivity contribution in [3.05, 3.63) is 58.1 Å². The van der Waals surface area contributed by atoms with Crippen molar-refractivity contribution in [1.82, 2.24) is 0 Å². The van der Waals surface area contributed by atoms with Crippen LogP contribution < -0.4 is 0 Å². The van der Waals surface area contributed by atoms with Crippen molar-refractivity contribution in [2.45, 2.75) is 6.18 Å². The van der Waals surface area contributed by atoms with Crippen LogP contribution in [-0.4, -0.2) is 13.1 Å². The predicted octanol–water partition coefficient (Wildman–Crippen LogP) is 4.92. The van der Waals surface area contributed by atoms with Crippen LogP contribution in [0.1, 0.15) is 15.9 Å². The van der Waals surface area contributed by atoms with Gasteiger partial charge < -0.3 is 4.74 Å². The van der Waals surface area contributed by atoms with Crippen LogP contribution in [0.5, 0.6) is 0 Å². The highest BCUT2D eigenvalue weighted by atomic mass is 79.9. The highest BCUT2D eigenvalue weighted by Gasteiger charge is 2.30. The summed E-state index contributed by atoms with van der Waals surface area (Å²) in [6, 6.07) is 9.56. The van der Waals surface area contributed by atoms with E-state index in [4.69, 9.17) is 4.74 Å². The van der Waals surface area contributed by atoms with Crippen LogP contribution in [0.2, 0.25) is 0 Å². The van der Waals surface area contributed by atoms with Gasteiger partial charge >= 0.3 is 12.1 Å². The maximum Gasteiger partial charge on any atom is 0.416 e. The second-order valence-corrected chi connectivity index (χ2v) is 5.17. The van der Waals surface area contributed by atoms with Gasteiger partial charge in [-0.3, -0.25) is 0 Å². The molecule has 0 aliphatic carbocycles. The van der Waals surface area contributed by atoms with Gasteiger partial charge in [0.1, 0.15) is 0 Å². The Morgan fingerprint density at radius 3 is 2.24 bits per heavy atom. The van der Waals surface area contributed by atoms with E-state index in [0.717, 1.165) is 12.1 Å². The molecule has 2 aromatic rings. The molecule has 110 valence electrons. The molecule has 0 radical (unpaired) electrons. The SMILES string of the molecule is COC(=O)c1cc(Br)ccc1-c1ccc(C(F)(F)F)cc1. The average Bonchev–Trinajstić information content (AvgIpc) is 2.45. The highest BCUT2D eigenvalue weighted by molar-refractivity contribution is 9.10. The Balaban J connectivity index is 2.49. The first-order chi connectivity index (χ1) is 9.82. The van der Waals surface area contributed by atoms with E-state index in [1.807, 2.05) is 0 Å². The Morgan fingerprint density at radius 1 is 1.10 bits per heavy atom. The summed E-state index contributed by atoms with van der Waals surface area (Å²) >= 11 is 3.25. The lowest BCUT2D eigenvalue weighted by atomic mass is 9.98. The molecule has 0 aromatic heterocycles. The Hall–Kier alpha value is -1.82. The fourth-order valence-electron chi connectivity index (χ4n) is 1.89. The average molecular weight is 359 g/mol. The number of carbonyl (C=O) groups excluding carboxylic acids is 1. The van der Waals surface area contributed by atoms with Crippen molar-refractivity contribution in [2.75, 3.05) is 7.11 Å². The molecule has 0 saturated carbocycles. The molecule has 0 spiro atoms. The fraction of sp³-hybridized carbons (Fsp3) is 0.133. The Kier molecular flexibility index (Phi) is 4.37. The van der Waals surface area contributed by atoms with E-state index < -0.39 is 17.7 Å². The molecule has 0 N–H and O–H groups in total. The van der Waals surface area contributed by atoms with Crippen molar-refractivity contribution in [1.29, 1.82) is 0 Å². The quantitative estimate of drug-likeness (QED) is 0.712. The Morgan fingerprint density at radius 2 is 1.71 bits per heavy atom. The molecule has 0 unspecified atom stereocenters. The zero-order valence-corrected chi connectivity index (χ0v) is 12.5. The molecule has 0 heterocycles. The molecule has 2 rings (SSSR count). The second kappa shape index (κ2) is 5.89. The van der Waals surface area contributed by atoms with E-state index in [0.29, 0.717) is 15.6 Å². The van der Waals surface area contributed by atoms with E-state index in [2.05, 4.69) is 15.9 Å². The van der Waals surface area contributed by atoms with E-state index in [1.54, 1.807) is 18.2 Å². The number of rotatable bonds is 2. The summed E-state index contributed by atoms with van der Waals surface area (Å²) in [5.41, 5.74) is 0.573. The highest BCUT2D eigenvalue weighted by Crippen LogP contribution is 2.32. The van der Waals surface area contributed by atoms with Gasteiger partial charge in [-0.15, -0.1) is 0 Å². The third kappa shape index (κ3) is 3.44. The van der Waals surface area contributed by atoms with E-state index in [-0.39, 0.29) is 5.56 Å². The molecule has 2 aromatic carbocycles. The van der Waals surface area contributed by atoms with E-state index in [1.165, 1.54) is 19.2 Å². The Labute approximate surface area is 127 Å². The van der Waals surface area contributed by atoms with Gasteiger partial charge in [-0.05, 0) is 35.4 Å². The molecule has 2 nitrogen and oxygen atoms in total. The van der Waals surface area contributed by atoms with Crippen molar-refractivity contribution < 1.29 is 22.7 Å². The van der Waals surface area contributed by atoms with Gasteiger partial charge in [0.05, 0.1) is 18.2 Å². The zero-order valence-electron chi connectivity index (χ0n) is 10.9. The number of benzene rings is 2. The molecule has 0 aliphatic rings. The number of hydrogen-bond donors (Lipinski definition) is 0. The summed E-state index contributed by atoms with van der Waals surface area (Å²) < 4.78 is 43.0. The summed E-state index contributed by atoms with van der Waals surface area (Å²) in [6.07, 6.45) is -4.39. The predicted molar refractivity (Wildman–Crippen MR) is 75.9 cm³/mol. The van der Waals surface area contributed by atoms with Crippen LogP contribution in [0.15, 0.2) is 46.9 Å². The lowest BCUT2D eigenvalue weighted by Crippen LogP contribution is -2.05. The van der Waals surface area contributed by atoms with E-state index >= 15 is 0 Å². The van der Waals surface area contributed by atoms with Gasteiger partial charge in [-0.25, -0.2) is 4.79 Å². The van der Waals surface area contributed by atoms with Gasteiger partial charge in [0.25, 0.3) is 0 Å². The third-order valence-electron chi connectivity index (χ3n) is 2.91. The normalized spacial score (nSPS) is 11.3. The van der Waals surface area contributed by atoms with Crippen LogP contribution in [-0.2, 0) is 10.9 Å². The summed E-state index contributed by atoms with van der Waals surface area (Å²) in [5.74, 6) is -0.550. The van der Waals surface area contributed by atoms with Gasteiger partial charge in [-0.2, -0.15) is 13.2 Å². The minimum atomic E-state index is -4.39. The number of carbonyl (C=O) groups is 1. The topological polar surface area (TPSA) is 26.3 Å². The molecular weight excluding hydrogens is 349 g/mol. The molecule has 0 fully saturated rings. The maximum absolute atomic E-state index is 12.6. The van der Waals surface area contributed by atoms with Gasteiger partial charge in [-0.1, -0.05) is 34.1 Å². The first kappa shape index (κ1) is 15.6. The molecule has 0 aliphatic heterocycles. The Bertz CT molecular complexity index is 664. The number of halogens is 4. The third-order valence-corrected chi connectivity index (χ3v) is 3.40. The first-order valence-electron chi connectivity index (χ1n) is 5.88. The number of esters is 1. The van der Waals surface area contributed by atoms with Gasteiger partial charge in [0.2, 0.25) is 0 Å². The van der Waals surface area contributed by atoms with Crippen molar-refractivity contribution in [2.24, 2.45) is 0 Å². The molecule has 6 heteroatoms. The minimum absolute atomic E-state index is 0.284.